The predicted octanol–water partition coefficient (Wildman–Crippen LogP) is 3.35. The molecule has 7 nitrogen and oxygen atoms in total. The van der Waals surface area contributed by atoms with Crippen molar-refractivity contribution in [2.45, 2.75) is 13.0 Å². The molecule has 3 aromatic rings. The lowest BCUT2D eigenvalue weighted by molar-refractivity contribution is 0.354. The Bertz CT molecular complexity index is 821. The van der Waals surface area contributed by atoms with Crippen LogP contribution in [0.3, 0.4) is 0 Å². The second-order valence-corrected chi connectivity index (χ2v) is 5.56. The van der Waals surface area contributed by atoms with Gasteiger partial charge in [0.1, 0.15) is 11.6 Å². The van der Waals surface area contributed by atoms with Gasteiger partial charge in [0.15, 0.2) is 11.5 Å². The molecular formula is C19H22N4O3. The zero-order chi connectivity index (χ0) is 18.2. The Morgan fingerprint density at radius 1 is 1.04 bits per heavy atom. The average molecular weight is 354 g/mol. The molecule has 0 radical (unpaired) electrons. The molecule has 0 aliphatic rings. The number of nitrogens with zero attached hydrogens (tertiary/aromatic N) is 2. The normalized spacial score (nSPS) is 10.4. The van der Waals surface area contributed by atoms with Crippen LogP contribution < -0.4 is 20.1 Å². The van der Waals surface area contributed by atoms with Gasteiger partial charge in [0.2, 0.25) is 5.95 Å². The van der Waals surface area contributed by atoms with Crippen molar-refractivity contribution in [2.24, 2.45) is 0 Å². The maximum atomic E-state index is 5.33. The van der Waals surface area contributed by atoms with E-state index >= 15 is 0 Å². The third-order valence-electron chi connectivity index (χ3n) is 3.82. The third kappa shape index (κ3) is 4.66. The van der Waals surface area contributed by atoms with Crippen molar-refractivity contribution in [3.63, 3.8) is 0 Å². The molecule has 0 atom stereocenters. The number of benzene rings is 1. The van der Waals surface area contributed by atoms with E-state index in [-0.39, 0.29) is 0 Å². The van der Waals surface area contributed by atoms with Crippen molar-refractivity contribution >= 4 is 11.8 Å². The van der Waals surface area contributed by atoms with Gasteiger partial charge < -0.3 is 24.5 Å². The van der Waals surface area contributed by atoms with Crippen molar-refractivity contribution in [3.8, 4) is 11.5 Å². The maximum Gasteiger partial charge on any atom is 0.224 e. The summed E-state index contributed by atoms with van der Waals surface area (Å²) in [4.78, 5) is 8.69. The Labute approximate surface area is 152 Å². The van der Waals surface area contributed by atoms with Gasteiger partial charge in [-0.2, -0.15) is 4.98 Å². The molecule has 7 heteroatoms. The Balaban J connectivity index is 1.52. The minimum Gasteiger partial charge on any atom is -0.493 e. The molecule has 0 spiro atoms. The van der Waals surface area contributed by atoms with Crippen molar-refractivity contribution in [2.75, 3.05) is 31.4 Å². The molecule has 0 aliphatic carbocycles. The molecule has 0 amide bonds. The van der Waals surface area contributed by atoms with Crippen LogP contribution in [0.2, 0.25) is 0 Å². The van der Waals surface area contributed by atoms with E-state index in [0.717, 1.165) is 35.1 Å². The highest BCUT2D eigenvalue weighted by molar-refractivity contribution is 5.43. The Kier molecular flexibility index (Phi) is 5.92. The van der Waals surface area contributed by atoms with E-state index in [9.17, 15) is 0 Å². The largest absolute Gasteiger partial charge is 0.493 e. The number of nitrogens with one attached hydrogen (secondary N) is 2. The van der Waals surface area contributed by atoms with E-state index in [4.69, 9.17) is 13.9 Å². The molecule has 1 aromatic carbocycles. The first-order valence-corrected chi connectivity index (χ1v) is 8.32. The lowest BCUT2D eigenvalue weighted by Gasteiger charge is -2.10. The zero-order valence-electron chi connectivity index (χ0n) is 14.9. The molecule has 2 N–H and O–H groups in total. The van der Waals surface area contributed by atoms with Crippen LogP contribution in [-0.2, 0) is 13.0 Å². The lowest BCUT2D eigenvalue weighted by atomic mass is 10.1. The standard InChI is InChI=1S/C19H22N4O3/c1-24-16-6-5-14(12-17(16)25-2)7-9-20-19-21-10-8-18(23-19)22-13-15-4-3-11-26-15/h3-6,8,10-12H,7,9,13H2,1-2H3,(H2,20,21,22,23). The van der Waals surface area contributed by atoms with E-state index < -0.39 is 0 Å². The van der Waals surface area contributed by atoms with Gasteiger partial charge in [-0.1, -0.05) is 6.07 Å². The number of hydrogen-bond acceptors (Lipinski definition) is 7. The topological polar surface area (TPSA) is 81.4 Å². The number of anilines is 2. The third-order valence-corrected chi connectivity index (χ3v) is 3.82. The van der Waals surface area contributed by atoms with Crippen molar-refractivity contribution in [1.29, 1.82) is 0 Å². The van der Waals surface area contributed by atoms with Gasteiger partial charge in [0.05, 0.1) is 27.0 Å². The van der Waals surface area contributed by atoms with Gasteiger partial charge >= 0.3 is 0 Å². The highest BCUT2D eigenvalue weighted by Gasteiger charge is 2.05. The number of furan rings is 1. The van der Waals surface area contributed by atoms with Gasteiger partial charge in [-0.15, -0.1) is 0 Å². The van der Waals surface area contributed by atoms with Crippen LogP contribution >= 0.6 is 0 Å². The fraction of sp³-hybridized carbons (Fsp3) is 0.263. The maximum absolute atomic E-state index is 5.33. The minimum atomic E-state index is 0.578. The zero-order valence-corrected chi connectivity index (χ0v) is 14.9. The van der Waals surface area contributed by atoms with E-state index in [1.807, 2.05) is 36.4 Å². The summed E-state index contributed by atoms with van der Waals surface area (Å²) < 4.78 is 15.9. The molecular weight excluding hydrogens is 332 g/mol. The number of aromatic nitrogens is 2. The minimum absolute atomic E-state index is 0.578. The summed E-state index contributed by atoms with van der Waals surface area (Å²) in [5, 5.41) is 6.44. The van der Waals surface area contributed by atoms with Gasteiger partial charge in [-0.25, -0.2) is 4.98 Å². The molecule has 0 bridgehead atoms. The van der Waals surface area contributed by atoms with E-state index in [2.05, 4.69) is 20.6 Å². The Morgan fingerprint density at radius 2 is 1.92 bits per heavy atom. The van der Waals surface area contributed by atoms with Crippen molar-refractivity contribution in [1.82, 2.24) is 9.97 Å². The number of methoxy groups -OCH3 is 2. The van der Waals surface area contributed by atoms with Gasteiger partial charge in [0.25, 0.3) is 0 Å². The van der Waals surface area contributed by atoms with Crippen LogP contribution in [0.5, 0.6) is 11.5 Å². The summed E-state index contributed by atoms with van der Waals surface area (Å²) in [6.07, 6.45) is 4.18. The first-order valence-electron chi connectivity index (χ1n) is 8.32. The number of ether oxygens (including phenoxy) is 2. The van der Waals surface area contributed by atoms with Gasteiger partial charge in [-0.05, 0) is 42.3 Å². The second kappa shape index (κ2) is 8.75. The first-order chi connectivity index (χ1) is 12.8. The quantitative estimate of drug-likeness (QED) is 0.610. The fourth-order valence-electron chi connectivity index (χ4n) is 2.49. The van der Waals surface area contributed by atoms with Crippen LogP contribution in [0, 0.1) is 0 Å². The Morgan fingerprint density at radius 3 is 2.69 bits per heavy atom. The summed E-state index contributed by atoms with van der Waals surface area (Å²) in [5.74, 6) is 3.62. The molecule has 3 rings (SSSR count). The summed E-state index contributed by atoms with van der Waals surface area (Å²) in [6, 6.07) is 11.5. The molecule has 0 aliphatic heterocycles. The highest BCUT2D eigenvalue weighted by atomic mass is 16.5. The Hall–Kier alpha value is -3.22. The number of hydrogen-bond donors (Lipinski definition) is 2. The van der Waals surface area contributed by atoms with Crippen molar-refractivity contribution < 1.29 is 13.9 Å². The predicted molar refractivity (Wildman–Crippen MR) is 99.8 cm³/mol. The van der Waals surface area contributed by atoms with Crippen LogP contribution in [-0.4, -0.2) is 30.7 Å². The smallest absolute Gasteiger partial charge is 0.224 e. The first kappa shape index (κ1) is 17.6. The van der Waals surface area contributed by atoms with E-state index in [0.29, 0.717) is 19.0 Å². The molecule has 0 saturated heterocycles. The molecule has 0 unspecified atom stereocenters. The van der Waals surface area contributed by atoms with Gasteiger partial charge in [0, 0.05) is 12.7 Å². The SMILES string of the molecule is COc1ccc(CCNc2nccc(NCc3ccco3)n2)cc1OC. The lowest BCUT2D eigenvalue weighted by Crippen LogP contribution is -2.09. The summed E-state index contributed by atoms with van der Waals surface area (Å²) in [7, 11) is 3.26. The van der Waals surface area contributed by atoms with Crippen LogP contribution in [0.1, 0.15) is 11.3 Å². The fourth-order valence-corrected chi connectivity index (χ4v) is 2.49. The van der Waals surface area contributed by atoms with E-state index in [1.165, 1.54) is 0 Å². The van der Waals surface area contributed by atoms with Crippen LogP contribution in [0.25, 0.3) is 0 Å². The average Bonchev–Trinajstić information content (AvgIpc) is 3.20. The second-order valence-electron chi connectivity index (χ2n) is 5.56. The molecule has 0 fully saturated rings. The molecule has 2 aromatic heterocycles. The highest BCUT2D eigenvalue weighted by Crippen LogP contribution is 2.27. The summed E-state index contributed by atoms with van der Waals surface area (Å²) in [6.45, 7) is 1.28. The van der Waals surface area contributed by atoms with Gasteiger partial charge in [-0.3, -0.25) is 0 Å². The van der Waals surface area contributed by atoms with Crippen LogP contribution in [0.4, 0.5) is 11.8 Å². The monoisotopic (exact) mass is 354 g/mol. The molecule has 26 heavy (non-hydrogen) atoms. The van der Waals surface area contributed by atoms with Crippen LogP contribution in [0.15, 0.2) is 53.3 Å². The molecule has 0 saturated carbocycles. The summed E-state index contributed by atoms with van der Waals surface area (Å²) >= 11 is 0. The van der Waals surface area contributed by atoms with E-state index in [1.54, 1.807) is 26.7 Å². The van der Waals surface area contributed by atoms with Crippen molar-refractivity contribution in [3.05, 3.63) is 60.2 Å². The summed E-state index contributed by atoms with van der Waals surface area (Å²) in [5.41, 5.74) is 1.14. The molecule has 136 valence electrons. The molecule has 2 heterocycles. The number of rotatable bonds is 9.